The Balaban J connectivity index is 1.85. The highest BCUT2D eigenvalue weighted by atomic mass is 16.7. The molecule has 1 atom stereocenters. The number of hydrogen-bond acceptors (Lipinski definition) is 4. The first-order valence-corrected chi connectivity index (χ1v) is 5.12. The van der Waals surface area contributed by atoms with Gasteiger partial charge in [-0.2, -0.15) is 5.06 Å². The Morgan fingerprint density at radius 3 is 2.75 bits per heavy atom. The van der Waals surface area contributed by atoms with Crippen LogP contribution in [0.4, 0.5) is 0 Å². The van der Waals surface area contributed by atoms with Crippen LogP contribution in [0, 0.1) is 0 Å². The number of hydrogen-bond donors (Lipinski definition) is 1. The number of amides is 1. The molecule has 1 unspecified atom stereocenters. The van der Waals surface area contributed by atoms with Crippen LogP contribution in [0.25, 0.3) is 0 Å². The molecule has 2 aliphatic heterocycles. The summed E-state index contributed by atoms with van der Waals surface area (Å²) in [4.78, 5) is 17.2. The second kappa shape index (κ2) is 3.55. The molecule has 0 aliphatic carbocycles. The van der Waals surface area contributed by atoms with Crippen LogP contribution in [-0.2, 0) is 9.57 Å². The van der Waals surface area contributed by atoms with Gasteiger partial charge in [-0.05, 0) is 6.07 Å². The lowest BCUT2D eigenvalue weighted by molar-refractivity contribution is -0.275. The van der Waals surface area contributed by atoms with E-state index in [1.54, 1.807) is 24.3 Å². The lowest BCUT2D eigenvalue weighted by Gasteiger charge is -2.31. The number of nitrogens with zero attached hydrogens (tertiary/aromatic N) is 1. The average molecular weight is 221 g/mol. The first-order chi connectivity index (χ1) is 7.77. The van der Waals surface area contributed by atoms with E-state index in [9.17, 15) is 9.90 Å². The lowest BCUT2D eigenvalue weighted by atomic mass is 10.1. The smallest absolute Gasteiger partial charge is 0.280 e. The molecule has 5 heteroatoms. The number of aliphatic hydroxyl groups excluding tert-OH is 1. The second-order valence-electron chi connectivity index (χ2n) is 3.86. The zero-order valence-electron chi connectivity index (χ0n) is 8.50. The molecule has 1 N–H and O–H groups in total. The third kappa shape index (κ3) is 1.33. The highest BCUT2D eigenvalue weighted by Gasteiger charge is 2.39. The minimum Gasteiger partial charge on any atom is -0.376 e. The van der Waals surface area contributed by atoms with Crippen molar-refractivity contribution >= 4 is 5.91 Å². The second-order valence-corrected chi connectivity index (χ2v) is 3.86. The summed E-state index contributed by atoms with van der Waals surface area (Å²) in [5.74, 6) is -0.296. The molecule has 2 aliphatic rings. The molecule has 0 bridgehead atoms. The molecule has 1 fully saturated rings. The van der Waals surface area contributed by atoms with Crippen molar-refractivity contribution < 1.29 is 19.5 Å². The maximum atomic E-state index is 11.9. The average Bonchev–Trinajstić information content (AvgIpc) is 2.48. The quantitative estimate of drug-likeness (QED) is 0.788. The van der Waals surface area contributed by atoms with Gasteiger partial charge in [-0.15, -0.1) is 0 Å². The van der Waals surface area contributed by atoms with Crippen molar-refractivity contribution in [2.75, 3.05) is 13.2 Å². The SMILES string of the molecule is O=C1c2ccccc2C(O)N1OC1COC1. The number of ether oxygens (including phenoxy) is 1. The van der Waals surface area contributed by atoms with Crippen molar-refractivity contribution in [2.24, 2.45) is 0 Å². The van der Waals surface area contributed by atoms with Gasteiger partial charge in [0.05, 0.1) is 13.2 Å². The lowest BCUT2D eigenvalue weighted by Crippen LogP contribution is -2.43. The summed E-state index contributed by atoms with van der Waals surface area (Å²) in [5, 5.41) is 10.9. The van der Waals surface area contributed by atoms with E-state index in [2.05, 4.69) is 0 Å². The summed E-state index contributed by atoms with van der Waals surface area (Å²) in [7, 11) is 0. The first-order valence-electron chi connectivity index (χ1n) is 5.12. The fourth-order valence-corrected chi connectivity index (χ4v) is 1.81. The van der Waals surface area contributed by atoms with Gasteiger partial charge in [0.15, 0.2) is 6.23 Å². The van der Waals surface area contributed by atoms with Crippen LogP contribution in [0.3, 0.4) is 0 Å². The van der Waals surface area contributed by atoms with Crippen molar-refractivity contribution in [3.05, 3.63) is 35.4 Å². The molecule has 3 rings (SSSR count). The normalized spacial score (nSPS) is 24.4. The van der Waals surface area contributed by atoms with E-state index in [0.717, 1.165) is 5.06 Å². The third-order valence-electron chi connectivity index (χ3n) is 2.76. The van der Waals surface area contributed by atoms with E-state index in [4.69, 9.17) is 9.57 Å². The molecule has 0 aromatic heterocycles. The summed E-state index contributed by atoms with van der Waals surface area (Å²) in [5.41, 5.74) is 1.09. The molecule has 1 saturated heterocycles. The highest BCUT2D eigenvalue weighted by molar-refractivity contribution is 5.98. The number of rotatable bonds is 2. The van der Waals surface area contributed by atoms with E-state index in [0.29, 0.717) is 24.3 Å². The largest absolute Gasteiger partial charge is 0.376 e. The Kier molecular flexibility index (Phi) is 2.17. The number of fused-ring (bicyclic) bond motifs is 1. The summed E-state index contributed by atoms with van der Waals surface area (Å²) in [6.45, 7) is 0.930. The number of carbonyl (C=O) groups is 1. The zero-order valence-corrected chi connectivity index (χ0v) is 8.50. The molecule has 84 valence electrons. The summed E-state index contributed by atoms with van der Waals surface area (Å²) >= 11 is 0. The molecule has 0 radical (unpaired) electrons. The number of aliphatic hydroxyl groups is 1. The summed E-state index contributed by atoms with van der Waals surface area (Å²) in [6.07, 6.45) is -1.14. The van der Waals surface area contributed by atoms with E-state index in [1.807, 2.05) is 0 Å². The van der Waals surface area contributed by atoms with E-state index >= 15 is 0 Å². The Hall–Kier alpha value is -1.43. The van der Waals surface area contributed by atoms with Crippen molar-refractivity contribution in [1.82, 2.24) is 5.06 Å². The highest BCUT2D eigenvalue weighted by Crippen LogP contribution is 2.32. The van der Waals surface area contributed by atoms with E-state index in [-0.39, 0.29) is 12.0 Å². The van der Waals surface area contributed by atoms with Gasteiger partial charge in [0.25, 0.3) is 5.91 Å². The van der Waals surface area contributed by atoms with E-state index in [1.165, 1.54) is 0 Å². The first kappa shape index (κ1) is 9.77. The van der Waals surface area contributed by atoms with Crippen LogP contribution in [-0.4, -0.2) is 35.4 Å². The molecule has 1 amide bonds. The fraction of sp³-hybridized carbons (Fsp3) is 0.364. The molecule has 2 heterocycles. The topological polar surface area (TPSA) is 59.0 Å². The summed E-state index contributed by atoms with van der Waals surface area (Å²) in [6, 6.07) is 6.95. The van der Waals surface area contributed by atoms with Gasteiger partial charge in [-0.3, -0.25) is 9.63 Å². The molecular weight excluding hydrogens is 210 g/mol. The molecule has 0 saturated carbocycles. The molecule has 0 spiro atoms. The minimum absolute atomic E-state index is 0.132. The van der Waals surface area contributed by atoms with Gasteiger partial charge in [-0.1, -0.05) is 18.2 Å². The van der Waals surface area contributed by atoms with Crippen molar-refractivity contribution in [3.63, 3.8) is 0 Å². The fourth-order valence-electron chi connectivity index (χ4n) is 1.81. The van der Waals surface area contributed by atoms with Gasteiger partial charge in [0.1, 0.15) is 6.10 Å². The van der Waals surface area contributed by atoms with Gasteiger partial charge in [0, 0.05) is 11.1 Å². The predicted octanol–water partition coefficient (Wildman–Crippen LogP) is 0.464. The predicted molar refractivity (Wildman–Crippen MR) is 53.3 cm³/mol. The third-order valence-corrected chi connectivity index (χ3v) is 2.76. The number of hydroxylamine groups is 2. The van der Waals surface area contributed by atoms with Gasteiger partial charge < -0.3 is 9.84 Å². The Labute approximate surface area is 92.1 Å². The summed E-state index contributed by atoms with van der Waals surface area (Å²) < 4.78 is 4.95. The van der Waals surface area contributed by atoms with Crippen LogP contribution < -0.4 is 0 Å². The van der Waals surface area contributed by atoms with Crippen LogP contribution in [0.1, 0.15) is 22.1 Å². The van der Waals surface area contributed by atoms with E-state index < -0.39 is 6.23 Å². The van der Waals surface area contributed by atoms with Gasteiger partial charge in [-0.25, -0.2) is 0 Å². The van der Waals surface area contributed by atoms with Gasteiger partial charge >= 0.3 is 0 Å². The van der Waals surface area contributed by atoms with Crippen molar-refractivity contribution in [1.29, 1.82) is 0 Å². The van der Waals surface area contributed by atoms with Crippen molar-refractivity contribution in [2.45, 2.75) is 12.3 Å². The molecule has 1 aromatic carbocycles. The molecule has 5 nitrogen and oxygen atoms in total. The number of carbonyl (C=O) groups excluding carboxylic acids is 1. The Bertz CT molecular complexity index is 430. The number of benzene rings is 1. The molecule has 1 aromatic rings. The van der Waals surface area contributed by atoms with Crippen LogP contribution in [0.2, 0.25) is 0 Å². The Morgan fingerprint density at radius 2 is 2.12 bits per heavy atom. The minimum atomic E-state index is -1.01. The van der Waals surface area contributed by atoms with Crippen LogP contribution in [0.5, 0.6) is 0 Å². The zero-order chi connectivity index (χ0) is 11.1. The maximum absolute atomic E-state index is 11.9. The molecular formula is C11H11NO4. The standard InChI is InChI=1S/C11H11NO4/c13-10-8-3-1-2-4-9(8)11(14)12(10)16-7-5-15-6-7/h1-4,7,10,13H,5-6H2. The molecule has 16 heavy (non-hydrogen) atoms. The van der Waals surface area contributed by atoms with Crippen LogP contribution >= 0.6 is 0 Å². The maximum Gasteiger partial charge on any atom is 0.280 e. The monoisotopic (exact) mass is 221 g/mol. The van der Waals surface area contributed by atoms with Crippen LogP contribution in [0.15, 0.2) is 24.3 Å². The Morgan fingerprint density at radius 1 is 1.38 bits per heavy atom. The van der Waals surface area contributed by atoms with Gasteiger partial charge in [0.2, 0.25) is 0 Å². The van der Waals surface area contributed by atoms with Crippen molar-refractivity contribution in [3.8, 4) is 0 Å².